The summed E-state index contributed by atoms with van der Waals surface area (Å²) in [4.78, 5) is 17.1. The number of aromatic nitrogens is 1. The molecule has 1 aromatic carbocycles. The maximum absolute atomic E-state index is 13.2. The van der Waals surface area contributed by atoms with Gasteiger partial charge in [-0.05, 0) is 67.3 Å². The van der Waals surface area contributed by atoms with Crippen molar-refractivity contribution in [1.82, 2.24) is 10.3 Å². The smallest absolute Gasteiger partial charge is 0.253 e. The molecule has 4 nitrogen and oxygen atoms in total. The van der Waals surface area contributed by atoms with Crippen LogP contribution >= 0.6 is 11.6 Å². The van der Waals surface area contributed by atoms with E-state index in [9.17, 15) is 9.18 Å². The molecule has 1 heterocycles. The fourth-order valence-corrected chi connectivity index (χ4v) is 3.95. The average Bonchev–Trinajstić information content (AvgIpc) is 3.38. The second kappa shape index (κ2) is 7.85. The molecule has 6 heteroatoms. The minimum Gasteiger partial charge on any atom is -0.352 e. The van der Waals surface area contributed by atoms with Crippen molar-refractivity contribution < 1.29 is 9.18 Å². The molecule has 2 N–H and O–H groups in total. The Bertz CT molecular complexity index is 847. The van der Waals surface area contributed by atoms with Gasteiger partial charge in [0.05, 0.1) is 16.3 Å². The van der Waals surface area contributed by atoms with Crippen LogP contribution < -0.4 is 10.6 Å². The van der Waals surface area contributed by atoms with Gasteiger partial charge in [0.2, 0.25) is 0 Å². The van der Waals surface area contributed by atoms with Crippen LogP contribution in [-0.2, 0) is 0 Å². The van der Waals surface area contributed by atoms with Gasteiger partial charge in [-0.2, -0.15) is 0 Å². The second-order valence-electron chi connectivity index (χ2n) is 7.54. The van der Waals surface area contributed by atoms with Gasteiger partial charge >= 0.3 is 0 Å². The highest BCUT2D eigenvalue weighted by molar-refractivity contribution is 6.33. The summed E-state index contributed by atoms with van der Waals surface area (Å²) in [6, 6.07) is 6.11. The van der Waals surface area contributed by atoms with Crippen LogP contribution in [0.2, 0.25) is 5.02 Å². The van der Waals surface area contributed by atoms with Crippen molar-refractivity contribution in [3.63, 3.8) is 0 Å². The number of nitrogens with zero attached hydrogens (tertiary/aromatic N) is 1. The Kier molecular flexibility index (Phi) is 5.30. The van der Waals surface area contributed by atoms with Crippen LogP contribution in [0.3, 0.4) is 0 Å². The Balaban J connectivity index is 1.50. The zero-order valence-electron chi connectivity index (χ0n) is 15.1. The highest BCUT2D eigenvalue weighted by Crippen LogP contribution is 2.42. The molecule has 0 spiro atoms. The van der Waals surface area contributed by atoms with E-state index < -0.39 is 0 Å². The molecule has 2 aromatic rings. The van der Waals surface area contributed by atoms with E-state index >= 15 is 0 Å². The van der Waals surface area contributed by atoms with Crippen molar-refractivity contribution in [1.29, 1.82) is 0 Å². The van der Waals surface area contributed by atoms with Gasteiger partial charge in [-0.1, -0.05) is 24.4 Å². The van der Waals surface area contributed by atoms with Crippen LogP contribution in [0.5, 0.6) is 0 Å². The van der Waals surface area contributed by atoms with Gasteiger partial charge < -0.3 is 10.6 Å². The maximum atomic E-state index is 13.2. The molecular formula is C21H23ClFN3O. The Labute approximate surface area is 163 Å². The fraction of sp³-hybridized carbons (Fsp3) is 0.429. The quantitative estimate of drug-likeness (QED) is 0.696. The van der Waals surface area contributed by atoms with Crippen molar-refractivity contribution in [2.24, 2.45) is 5.92 Å². The van der Waals surface area contributed by atoms with E-state index in [-0.39, 0.29) is 11.7 Å². The number of hydrogen-bond acceptors (Lipinski definition) is 3. The molecule has 1 amide bonds. The molecule has 2 fully saturated rings. The van der Waals surface area contributed by atoms with E-state index in [1.165, 1.54) is 37.8 Å². The summed E-state index contributed by atoms with van der Waals surface area (Å²) in [6.45, 7) is 0.744. The molecule has 2 aliphatic rings. The summed E-state index contributed by atoms with van der Waals surface area (Å²) >= 11 is 6.08. The largest absolute Gasteiger partial charge is 0.352 e. The first-order valence-electron chi connectivity index (χ1n) is 9.60. The van der Waals surface area contributed by atoms with Gasteiger partial charge in [0.25, 0.3) is 5.91 Å². The van der Waals surface area contributed by atoms with Gasteiger partial charge in [0.1, 0.15) is 11.6 Å². The van der Waals surface area contributed by atoms with Gasteiger partial charge in [-0.15, -0.1) is 0 Å². The molecular weight excluding hydrogens is 365 g/mol. The van der Waals surface area contributed by atoms with Gasteiger partial charge in [0, 0.05) is 12.7 Å². The second-order valence-corrected chi connectivity index (χ2v) is 7.95. The topological polar surface area (TPSA) is 54.0 Å². The van der Waals surface area contributed by atoms with Crippen molar-refractivity contribution in [2.75, 3.05) is 11.9 Å². The zero-order chi connectivity index (χ0) is 18.8. The van der Waals surface area contributed by atoms with E-state index in [0.29, 0.717) is 33.9 Å². The van der Waals surface area contributed by atoms with Gasteiger partial charge in [0.15, 0.2) is 0 Å². The van der Waals surface area contributed by atoms with Crippen LogP contribution in [-0.4, -0.2) is 17.4 Å². The van der Waals surface area contributed by atoms with Crippen molar-refractivity contribution in [3.05, 3.63) is 52.4 Å². The van der Waals surface area contributed by atoms with E-state index in [1.54, 1.807) is 12.3 Å². The summed E-state index contributed by atoms with van der Waals surface area (Å²) in [5.41, 5.74) is 2.27. The highest BCUT2D eigenvalue weighted by atomic mass is 35.5. The molecule has 1 aromatic heterocycles. The lowest BCUT2D eigenvalue weighted by atomic mass is 10.0. The first kappa shape index (κ1) is 18.2. The van der Waals surface area contributed by atoms with Crippen molar-refractivity contribution >= 4 is 29.0 Å². The number of nitrogens with one attached hydrogen (secondary N) is 2. The Hall–Kier alpha value is -2.14. The van der Waals surface area contributed by atoms with Crippen LogP contribution in [0, 0.1) is 11.7 Å². The van der Waals surface area contributed by atoms with Crippen LogP contribution in [0.25, 0.3) is 0 Å². The van der Waals surface area contributed by atoms with E-state index in [0.717, 1.165) is 24.9 Å². The van der Waals surface area contributed by atoms with Gasteiger partial charge in [-0.25, -0.2) is 9.37 Å². The standard InChI is InChI=1S/C21H23ClFN3O/c22-18-9-15(23)7-8-19(18)26-20-10-16(14-5-6-14)17(12-24-20)21(27)25-11-13-3-1-2-4-13/h7-10,12-14H,1-6,11H2,(H,24,26)(H,25,27). The number of rotatable bonds is 6. The fourth-order valence-electron chi connectivity index (χ4n) is 3.74. The Morgan fingerprint density at radius 3 is 2.67 bits per heavy atom. The van der Waals surface area contributed by atoms with Crippen molar-refractivity contribution in [3.8, 4) is 0 Å². The van der Waals surface area contributed by atoms with E-state index in [2.05, 4.69) is 15.6 Å². The third-order valence-corrected chi connectivity index (χ3v) is 5.73. The van der Waals surface area contributed by atoms with E-state index in [1.807, 2.05) is 6.07 Å². The number of halogens is 2. The lowest BCUT2D eigenvalue weighted by molar-refractivity contribution is 0.0946. The molecule has 142 valence electrons. The molecule has 0 unspecified atom stereocenters. The summed E-state index contributed by atoms with van der Waals surface area (Å²) in [6.07, 6.45) is 8.75. The molecule has 0 saturated heterocycles. The molecule has 0 atom stereocenters. The van der Waals surface area contributed by atoms with Crippen LogP contribution in [0.1, 0.15) is 60.4 Å². The lowest BCUT2D eigenvalue weighted by Gasteiger charge is -2.14. The number of hydrogen-bond donors (Lipinski definition) is 2. The maximum Gasteiger partial charge on any atom is 0.253 e. The molecule has 0 aliphatic heterocycles. The summed E-state index contributed by atoms with van der Waals surface area (Å²) in [5.74, 6) is 1.20. The highest BCUT2D eigenvalue weighted by Gasteiger charge is 2.29. The number of anilines is 2. The summed E-state index contributed by atoms with van der Waals surface area (Å²) in [7, 11) is 0. The third kappa shape index (κ3) is 4.41. The number of carbonyl (C=O) groups is 1. The Morgan fingerprint density at radius 1 is 1.19 bits per heavy atom. The monoisotopic (exact) mass is 387 g/mol. The molecule has 27 heavy (non-hydrogen) atoms. The molecule has 4 rings (SSSR count). The predicted molar refractivity (Wildman–Crippen MR) is 105 cm³/mol. The van der Waals surface area contributed by atoms with E-state index in [4.69, 9.17) is 11.6 Å². The minimum atomic E-state index is -0.383. The first-order chi connectivity index (χ1) is 13.1. The first-order valence-corrected chi connectivity index (χ1v) is 9.98. The van der Waals surface area contributed by atoms with Crippen LogP contribution in [0.4, 0.5) is 15.9 Å². The number of amides is 1. The molecule has 2 saturated carbocycles. The number of benzene rings is 1. The number of carbonyl (C=O) groups excluding carboxylic acids is 1. The lowest BCUT2D eigenvalue weighted by Crippen LogP contribution is -2.29. The average molecular weight is 388 g/mol. The molecule has 2 aliphatic carbocycles. The SMILES string of the molecule is O=C(NCC1CCCC1)c1cnc(Nc2ccc(F)cc2Cl)cc1C1CC1. The molecule has 0 radical (unpaired) electrons. The minimum absolute atomic E-state index is 0.0392. The van der Waals surface area contributed by atoms with Crippen LogP contribution in [0.15, 0.2) is 30.5 Å². The molecule has 0 bridgehead atoms. The Morgan fingerprint density at radius 2 is 1.96 bits per heavy atom. The van der Waals surface area contributed by atoms with Gasteiger partial charge in [-0.3, -0.25) is 4.79 Å². The predicted octanol–water partition coefficient (Wildman–Crippen LogP) is 5.42. The number of pyridine rings is 1. The summed E-state index contributed by atoms with van der Waals surface area (Å²) < 4.78 is 13.2. The zero-order valence-corrected chi connectivity index (χ0v) is 15.9. The summed E-state index contributed by atoms with van der Waals surface area (Å²) in [5, 5.41) is 6.50. The normalized spacial score (nSPS) is 17.1. The third-order valence-electron chi connectivity index (χ3n) is 5.42. The van der Waals surface area contributed by atoms with Crippen molar-refractivity contribution in [2.45, 2.75) is 44.4 Å².